The molecule has 8 aromatic rings. The summed E-state index contributed by atoms with van der Waals surface area (Å²) in [6.07, 6.45) is 18.5. The lowest BCUT2D eigenvalue weighted by Crippen LogP contribution is -2.44. The van der Waals surface area contributed by atoms with Crippen molar-refractivity contribution in [3.63, 3.8) is 0 Å². The minimum atomic E-state index is -0.648. The summed E-state index contributed by atoms with van der Waals surface area (Å²) >= 11 is 0. The van der Waals surface area contributed by atoms with Crippen molar-refractivity contribution in [1.82, 2.24) is 0 Å². The van der Waals surface area contributed by atoms with Crippen LogP contribution in [0.25, 0.3) is 70.9 Å². The van der Waals surface area contributed by atoms with Gasteiger partial charge in [-0.1, -0.05) is 162 Å². The van der Waals surface area contributed by atoms with Gasteiger partial charge in [0.2, 0.25) is 0 Å². The molecule has 0 N–H and O–H groups in total. The third-order valence-corrected chi connectivity index (χ3v) is 26.5. The van der Waals surface area contributed by atoms with Crippen molar-refractivity contribution in [2.24, 2.45) is 0 Å². The lowest BCUT2D eigenvalue weighted by Gasteiger charge is -2.31. The van der Waals surface area contributed by atoms with Crippen molar-refractivity contribution < 1.29 is 0 Å². The van der Waals surface area contributed by atoms with E-state index in [0.717, 1.165) is 36.7 Å². The Kier molecular flexibility index (Phi) is 19.2. The predicted molar refractivity (Wildman–Crippen MR) is 516 cm³/mol. The molecule has 0 saturated heterocycles. The summed E-state index contributed by atoms with van der Waals surface area (Å²) in [6.45, 7) is 18.0. The number of aryl methyl sites for hydroxylation is 2. The molecule has 1 fully saturated rings. The number of allylic oxidation sites excluding steroid dienone is 11. The Bertz CT molecular complexity index is 5210. The standard InChI is InChI=1S/C69H87B27/c1-7-10-12-22-36-34(25(17-70)49(75)47(22)73)30-19(5)31(51(77)43(30)61(87)54(36)80)35-21(9-3)38(57(83)65(91)56(35)82)46(72)24-16-69(20(6)32(53(79)66(92)68(95)96)39-27(69)15-28(71)50(76)58(39)84)26(33(24)67(93)94)14-18(4)29-42-41-40-37(55(81)63(89)45(41)62(88)52(29)78)23(13-11-8-2)48(74)60(86)44(40)64(90)59(42)85/h3,14-15,51H,4,6-8,10-13,16-17,70-96H2,1-2,5H3/b26-14+,46-24-,53-32-. The summed E-state index contributed by atoms with van der Waals surface area (Å²) in [6, 6.07) is 2.57. The third kappa shape index (κ3) is 9.85. The Balaban J connectivity index is 1.27. The van der Waals surface area contributed by atoms with Gasteiger partial charge in [-0.2, -0.15) is 5.37 Å². The van der Waals surface area contributed by atoms with E-state index in [-0.39, 0.29) is 5.82 Å². The SMILES string of the molecule is BCc1c(B)c(B)c(CCCC)c2c(B)c(B)c3c(c12)C(C)=C(c1c(B)c(B)c(B)c(/C(B)=C2\CC4(C(=C)/C(=C(/B)C(B)=C(B)B)c5c4cc(B)c(B)c5B)/C(=C/C(=C)c4c(B)c(B)c5c(B)c(B)c6c(CCCC)c(B)c(B)c7c(B)c(B)c4c5c76)C2=C(B)B)c1C#C)C3B. The van der Waals surface area contributed by atoms with Crippen molar-refractivity contribution >= 4 is 381 Å². The molecule has 2 unspecified atom stereocenters. The van der Waals surface area contributed by atoms with Crippen LogP contribution in [0.2, 0.25) is 0 Å². The molecule has 0 radical (unpaired) electrons. The molecule has 96 heavy (non-hydrogen) atoms. The van der Waals surface area contributed by atoms with Crippen LogP contribution in [0.1, 0.15) is 120 Å². The molecule has 3 aliphatic rings. The van der Waals surface area contributed by atoms with Crippen LogP contribution in [0.15, 0.2) is 69.3 Å². The van der Waals surface area contributed by atoms with Gasteiger partial charge < -0.3 is 0 Å². The maximum absolute atomic E-state index is 7.29. The fourth-order valence-corrected chi connectivity index (χ4v) is 19.9. The van der Waals surface area contributed by atoms with E-state index in [1.54, 1.807) is 5.56 Å². The van der Waals surface area contributed by atoms with Gasteiger partial charge in [-0.15, -0.1) is 28.2 Å². The summed E-state index contributed by atoms with van der Waals surface area (Å²) < 4.78 is 0. The van der Waals surface area contributed by atoms with Crippen LogP contribution in [-0.2, 0) is 24.6 Å². The Morgan fingerprint density at radius 3 is 1.57 bits per heavy atom. The van der Waals surface area contributed by atoms with E-state index in [4.69, 9.17) is 19.6 Å². The van der Waals surface area contributed by atoms with Gasteiger partial charge in [-0.05, 0) is 189 Å². The highest BCUT2D eigenvalue weighted by molar-refractivity contribution is 6.72. The normalized spacial score (nSPS) is 17.4. The highest BCUT2D eigenvalue weighted by atomic mass is 14.6. The number of rotatable bonds is 12. The maximum Gasteiger partial charge on any atom is 0.140 e. The minimum Gasteiger partial charge on any atom is -0.152 e. The van der Waals surface area contributed by atoms with Gasteiger partial charge in [0.1, 0.15) is 212 Å². The molecule has 0 aromatic heterocycles. The van der Waals surface area contributed by atoms with Crippen LogP contribution in [0.4, 0.5) is 0 Å². The van der Waals surface area contributed by atoms with Gasteiger partial charge in [-0.25, -0.2) is 0 Å². The first kappa shape index (κ1) is 71.6. The van der Waals surface area contributed by atoms with E-state index < -0.39 is 5.41 Å². The van der Waals surface area contributed by atoms with Crippen LogP contribution >= 0.6 is 0 Å². The van der Waals surface area contributed by atoms with Gasteiger partial charge in [0.25, 0.3) is 0 Å². The molecule has 0 amide bonds. The fraction of sp³-hybridized carbons (Fsp3) is 0.188. The molecular weight excluding hydrogens is 1120 g/mol. The molecule has 8 aromatic carbocycles. The molecule has 3 aliphatic carbocycles. The van der Waals surface area contributed by atoms with Crippen molar-refractivity contribution in [3.8, 4) is 12.3 Å². The predicted octanol–water partition coefficient (Wildman–Crippen LogP) is -22.4. The summed E-state index contributed by atoms with van der Waals surface area (Å²) in [5.41, 5.74) is 53.3. The Morgan fingerprint density at radius 2 is 1.03 bits per heavy atom. The smallest absolute Gasteiger partial charge is 0.140 e. The molecule has 27 heteroatoms. The Morgan fingerprint density at radius 1 is 0.552 bits per heavy atom. The zero-order chi connectivity index (χ0) is 70.7. The van der Waals surface area contributed by atoms with E-state index in [2.05, 4.69) is 251 Å². The second kappa shape index (κ2) is 25.8. The number of unbranched alkanes of at least 4 members (excludes halogenated alkanes) is 2. The zero-order valence-electron chi connectivity index (χ0n) is 65.4. The van der Waals surface area contributed by atoms with Crippen LogP contribution in [0, 0.1) is 12.3 Å². The highest BCUT2D eigenvalue weighted by Crippen LogP contribution is 2.64. The molecule has 0 nitrogen and oxygen atoms in total. The lowest BCUT2D eigenvalue weighted by molar-refractivity contribution is 0.673. The van der Waals surface area contributed by atoms with Gasteiger partial charge >= 0.3 is 0 Å². The second-order valence-corrected chi connectivity index (χ2v) is 31.2. The minimum absolute atomic E-state index is 0.139. The lowest BCUT2D eigenvalue weighted by atomic mass is 9.59. The molecule has 1 spiro atoms. The van der Waals surface area contributed by atoms with Crippen molar-refractivity contribution in [1.29, 1.82) is 0 Å². The number of fused-ring (bicyclic) bond motifs is 5. The van der Waals surface area contributed by atoms with Crippen molar-refractivity contribution in [2.75, 3.05) is 0 Å². The van der Waals surface area contributed by atoms with E-state index in [1.165, 1.54) is 283 Å². The Labute approximate surface area is 602 Å². The molecule has 0 bridgehead atoms. The number of hydrogen-bond donors (Lipinski definition) is 0. The second-order valence-electron chi connectivity index (χ2n) is 31.2. The number of terminal acetylenes is 1. The van der Waals surface area contributed by atoms with E-state index in [1.807, 2.05) is 0 Å². The van der Waals surface area contributed by atoms with Crippen LogP contribution in [-0.4, -0.2) is 212 Å². The first-order valence-corrected chi connectivity index (χ1v) is 36.7. The average Bonchev–Trinajstić information content (AvgIpc) is 0.970. The van der Waals surface area contributed by atoms with E-state index in [9.17, 15) is 0 Å². The summed E-state index contributed by atoms with van der Waals surface area (Å²) in [7, 11) is 64.2. The molecule has 11 rings (SSSR count). The number of hydrogen-bond acceptors (Lipinski definition) is 0. The molecule has 0 aliphatic heterocycles. The van der Waals surface area contributed by atoms with Gasteiger partial charge in [0, 0.05) is 5.56 Å². The summed E-state index contributed by atoms with van der Waals surface area (Å²) in [4.78, 5) is 0. The largest absolute Gasteiger partial charge is 0.152 e. The molecule has 2 atom stereocenters. The molecule has 0 heterocycles. The van der Waals surface area contributed by atoms with Gasteiger partial charge in [0.05, 0.1) is 5.41 Å². The van der Waals surface area contributed by atoms with Crippen molar-refractivity contribution in [2.45, 2.75) is 83.3 Å². The number of benzene rings is 8. The van der Waals surface area contributed by atoms with Crippen LogP contribution < -0.4 is 98.3 Å². The van der Waals surface area contributed by atoms with Crippen LogP contribution in [0.3, 0.4) is 0 Å². The molecule has 444 valence electrons. The maximum atomic E-state index is 7.29. The van der Waals surface area contributed by atoms with Gasteiger partial charge in [0.15, 0.2) is 0 Å². The van der Waals surface area contributed by atoms with E-state index in [0.29, 0.717) is 0 Å². The average molecular weight is 1210 g/mol. The van der Waals surface area contributed by atoms with Crippen molar-refractivity contribution in [3.05, 3.63) is 130 Å². The zero-order valence-corrected chi connectivity index (χ0v) is 65.4. The van der Waals surface area contributed by atoms with Gasteiger partial charge in [-0.3, -0.25) is 0 Å². The molecule has 1 saturated carbocycles. The Hall–Kier alpha value is -5.71. The fourth-order valence-electron chi connectivity index (χ4n) is 19.9. The first-order valence-electron chi connectivity index (χ1n) is 36.7. The summed E-state index contributed by atoms with van der Waals surface area (Å²) in [5.74, 6) is 3.70. The quantitative estimate of drug-likeness (QED) is 0.0650. The monoisotopic (exact) mass is 1210 g/mol. The van der Waals surface area contributed by atoms with E-state index >= 15 is 0 Å². The highest BCUT2D eigenvalue weighted by Gasteiger charge is 2.54. The topological polar surface area (TPSA) is 0 Å². The third-order valence-electron chi connectivity index (χ3n) is 26.5. The van der Waals surface area contributed by atoms with Crippen LogP contribution in [0.5, 0.6) is 0 Å². The first-order chi connectivity index (χ1) is 45.1. The summed E-state index contributed by atoms with van der Waals surface area (Å²) in [5, 5.41) is 14.2. The molecular formula is C69H87B27.